The van der Waals surface area contributed by atoms with Gasteiger partial charge in [0.1, 0.15) is 0 Å². The van der Waals surface area contributed by atoms with Gasteiger partial charge in [0.25, 0.3) is 0 Å². The summed E-state index contributed by atoms with van der Waals surface area (Å²) in [5.74, 6) is 0. The maximum atomic E-state index is 3.39. The number of rotatable bonds is 7. The average molecular weight is 213 g/mol. The van der Waals surface area contributed by atoms with Crippen molar-refractivity contribution in [3.05, 3.63) is 0 Å². The fraction of sp³-hybridized carbons (Fsp3) is 1.00. The fourth-order valence-corrected chi connectivity index (χ4v) is 2.40. The predicted octanol–water partition coefficient (Wildman–Crippen LogP) is 1.01. The molecule has 0 aromatic carbocycles. The molecular formula is C12H27N3. The van der Waals surface area contributed by atoms with Crippen molar-refractivity contribution in [1.82, 2.24) is 15.1 Å². The van der Waals surface area contributed by atoms with Crippen LogP contribution < -0.4 is 5.32 Å². The molecule has 0 radical (unpaired) electrons. The molecule has 1 heterocycles. The van der Waals surface area contributed by atoms with Gasteiger partial charge in [-0.1, -0.05) is 6.92 Å². The minimum Gasteiger partial charge on any atom is -0.317 e. The first-order valence-electron chi connectivity index (χ1n) is 6.33. The van der Waals surface area contributed by atoms with Crippen molar-refractivity contribution in [2.75, 3.05) is 46.8 Å². The molecule has 1 fully saturated rings. The predicted molar refractivity (Wildman–Crippen MR) is 66.3 cm³/mol. The van der Waals surface area contributed by atoms with Crippen LogP contribution in [0.3, 0.4) is 0 Å². The first-order valence-corrected chi connectivity index (χ1v) is 6.33. The first kappa shape index (κ1) is 12.9. The number of nitrogens with zero attached hydrogens (tertiary/aromatic N) is 2. The van der Waals surface area contributed by atoms with Crippen LogP contribution in [0.25, 0.3) is 0 Å². The number of likely N-dealkylation sites (N-methyl/N-ethyl adjacent to an activating group) is 1. The number of hydrogen-bond donors (Lipinski definition) is 1. The van der Waals surface area contributed by atoms with E-state index in [2.05, 4.69) is 36.1 Å². The summed E-state index contributed by atoms with van der Waals surface area (Å²) >= 11 is 0. The van der Waals surface area contributed by atoms with E-state index < -0.39 is 0 Å². The zero-order valence-corrected chi connectivity index (χ0v) is 10.6. The van der Waals surface area contributed by atoms with E-state index in [0.717, 1.165) is 12.6 Å². The molecule has 1 aliphatic heterocycles. The van der Waals surface area contributed by atoms with E-state index in [4.69, 9.17) is 0 Å². The van der Waals surface area contributed by atoms with Gasteiger partial charge in [-0.15, -0.1) is 0 Å². The molecule has 0 saturated carbocycles. The Morgan fingerprint density at radius 2 is 2.20 bits per heavy atom. The highest BCUT2D eigenvalue weighted by atomic mass is 15.2. The largest absolute Gasteiger partial charge is 0.317 e. The molecule has 0 spiro atoms. The van der Waals surface area contributed by atoms with Gasteiger partial charge in [0.05, 0.1) is 0 Å². The summed E-state index contributed by atoms with van der Waals surface area (Å²) in [6.45, 7) is 8.24. The van der Waals surface area contributed by atoms with Crippen molar-refractivity contribution < 1.29 is 0 Å². The monoisotopic (exact) mass is 213 g/mol. The molecule has 1 unspecified atom stereocenters. The van der Waals surface area contributed by atoms with E-state index in [1.807, 2.05) is 0 Å². The van der Waals surface area contributed by atoms with Gasteiger partial charge in [-0.3, -0.25) is 4.90 Å². The lowest BCUT2D eigenvalue weighted by molar-refractivity contribution is 0.206. The van der Waals surface area contributed by atoms with Gasteiger partial charge in [-0.25, -0.2) is 0 Å². The zero-order valence-electron chi connectivity index (χ0n) is 10.6. The third-order valence-electron chi connectivity index (χ3n) is 3.12. The lowest BCUT2D eigenvalue weighted by Crippen LogP contribution is -2.38. The lowest BCUT2D eigenvalue weighted by Gasteiger charge is -2.26. The normalized spacial score (nSPS) is 22.8. The summed E-state index contributed by atoms with van der Waals surface area (Å²) in [6, 6.07) is 0.807. The Morgan fingerprint density at radius 1 is 1.40 bits per heavy atom. The summed E-state index contributed by atoms with van der Waals surface area (Å²) in [5.41, 5.74) is 0. The molecule has 1 saturated heterocycles. The van der Waals surface area contributed by atoms with Crippen LogP contribution in [-0.2, 0) is 0 Å². The van der Waals surface area contributed by atoms with Crippen molar-refractivity contribution in [3.63, 3.8) is 0 Å². The highest BCUT2D eigenvalue weighted by Gasteiger charge is 2.23. The molecule has 90 valence electrons. The van der Waals surface area contributed by atoms with Crippen molar-refractivity contribution in [2.24, 2.45) is 0 Å². The average Bonchev–Trinajstić information content (AvgIpc) is 2.59. The Hall–Kier alpha value is -0.120. The van der Waals surface area contributed by atoms with Crippen molar-refractivity contribution in [2.45, 2.75) is 32.2 Å². The Bertz CT molecular complexity index is 159. The Morgan fingerprint density at radius 3 is 2.87 bits per heavy atom. The number of hydrogen-bond acceptors (Lipinski definition) is 3. The van der Waals surface area contributed by atoms with Crippen LogP contribution in [0.4, 0.5) is 0 Å². The van der Waals surface area contributed by atoms with Crippen LogP contribution >= 0.6 is 0 Å². The van der Waals surface area contributed by atoms with E-state index in [9.17, 15) is 0 Å². The molecule has 1 atom stereocenters. The summed E-state index contributed by atoms with van der Waals surface area (Å²) in [7, 11) is 4.35. The molecular weight excluding hydrogens is 186 g/mol. The van der Waals surface area contributed by atoms with Gasteiger partial charge in [-0.2, -0.15) is 0 Å². The van der Waals surface area contributed by atoms with Gasteiger partial charge in [0.2, 0.25) is 0 Å². The highest BCUT2D eigenvalue weighted by Crippen LogP contribution is 2.17. The quantitative estimate of drug-likeness (QED) is 0.637. The molecule has 3 nitrogen and oxygen atoms in total. The summed E-state index contributed by atoms with van der Waals surface area (Å²) < 4.78 is 0. The van der Waals surface area contributed by atoms with Gasteiger partial charge >= 0.3 is 0 Å². The second-order valence-electron chi connectivity index (χ2n) is 4.80. The summed E-state index contributed by atoms with van der Waals surface area (Å²) in [6.07, 6.45) is 4.07. The van der Waals surface area contributed by atoms with Crippen LogP contribution in [-0.4, -0.2) is 62.7 Å². The van der Waals surface area contributed by atoms with Crippen LogP contribution in [0, 0.1) is 0 Å². The van der Waals surface area contributed by atoms with Crippen LogP contribution in [0.5, 0.6) is 0 Å². The Balaban J connectivity index is 2.15. The van der Waals surface area contributed by atoms with E-state index in [1.54, 1.807) is 0 Å². The summed E-state index contributed by atoms with van der Waals surface area (Å²) in [4.78, 5) is 4.98. The molecule has 3 heteroatoms. The van der Waals surface area contributed by atoms with E-state index in [0.29, 0.717) is 0 Å². The topological polar surface area (TPSA) is 18.5 Å². The van der Waals surface area contributed by atoms with Gasteiger partial charge in [0.15, 0.2) is 0 Å². The minimum atomic E-state index is 0.807. The molecule has 15 heavy (non-hydrogen) atoms. The standard InChI is InChI=1S/C12H27N3/c1-4-13-8-6-10-15-9-5-7-12(15)11-14(2)3/h12-13H,4-11H2,1-3H3. The minimum absolute atomic E-state index is 0.807. The molecule has 1 rings (SSSR count). The fourth-order valence-electron chi connectivity index (χ4n) is 2.40. The smallest absolute Gasteiger partial charge is 0.0223 e. The second kappa shape index (κ2) is 7.20. The number of likely N-dealkylation sites (tertiary alicyclic amines) is 1. The van der Waals surface area contributed by atoms with Gasteiger partial charge < -0.3 is 10.2 Å². The molecule has 0 aliphatic carbocycles. The molecule has 0 bridgehead atoms. The maximum absolute atomic E-state index is 3.39. The van der Waals surface area contributed by atoms with Crippen molar-refractivity contribution >= 4 is 0 Å². The maximum Gasteiger partial charge on any atom is 0.0223 e. The molecule has 0 amide bonds. The molecule has 0 aromatic heterocycles. The lowest BCUT2D eigenvalue weighted by atomic mass is 10.2. The molecule has 0 aromatic rings. The second-order valence-corrected chi connectivity index (χ2v) is 4.80. The van der Waals surface area contributed by atoms with Crippen LogP contribution in [0.2, 0.25) is 0 Å². The van der Waals surface area contributed by atoms with E-state index in [1.165, 1.54) is 45.4 Å². The van der Waals surface area contributed by atoms with Gasteiger partial charge in [-0.05, 0) is 59.5 Å². The third-order valence-corrected chi connectivity index (χ3v) is 3.12. The molecule has 1 N–H and O–H groups in total. The van der Waals surface area contributed by atoms with Crippen molar-refractivity contribution in [3.8, 4) is 0 Å². The highest BCUT2D eigenvalue weighted by molar-refractivity contribution is 4.80. The SMILES string of the molecule is CCNCCCN1CCCC1CN(C)C. The van der Waals surface area contributed by atoms with Crippen molar-refractivity contribution in [1.29, 1.82) is 0 Å². The summed E-state index contributed by atoms with van der Waals surface area (Å²) in [5, 5.41) is 3.39. The number of nitrogens with one attached hydrogen (secondary N) is 1. The first-order chi connectivity index (χ1) is 7.24. The van der Waals surface area contributed by atoms with Crippen LogP contribution in [0.15, 0.2) is 0 Å². The third kappa shape index (κ3) is 4.96. The van der Waals surface area contributed by atoms with E-state index in [-0.39, 0.29) is 0 Å². The van der Waals surface area contributed by atoms with Crippen LogP contribution in [0.1, 0.15) is 26.2 Å². The Labute approximate surface area is 94.8 Å². The Kier molecular flexibility index (Phi) is 6.22. The molecule has 1 aliphatic rings. The van der Waals surface area contributed by atoms with Gasteiger partial charge in [0, 0.05) is 12.6 Å². The van der Waals surface area contributed by atoms with E-state index >= 15 is 0 Å². The zero-order chi connectivity index (χ0) is 11.1.